The molecule has 0 aliphatic carbocycles. The Balaban J connectivity index is 1.82. The summed E-state index contributed by atoms with van der Waals surface area (Å²) in [7, 11) is 1.70. The van der Waals surface area contributed by atoms with Crippen LogP contribution in [0.2, 0.25) is 0 Å². The molecule has 1 atom stereocenters. The quantitative estimate of drug-likeness (QED) is 0.159. The summed E-state index contributed by atoms with van der Waals surface area (Å²) in [6.07, 6.45) is -2.88. The van der Waals surface area contributed by atoms with Gasteiger partial charge in [0.05, 0.1) is 29.8 Å². The van der Waals surface area contributed by atoms with Crippen molar-refractivity contribution in [2.45, 2.75) is 51.5 Å². The third-order valence-corrected chi connectivity index (χ3v) is 6.86. The summed E-state index contributed by atoms with van der Waals surface area (Å²) in [4.78, 5) is 37.6. The summed E-state index contributed by atoms with van der Waals surface area (Å²) in [6.45, 7) is 1.47. The molecule has 0 bridgehead atoms. The molecule has 0 saturated carbocycles. The second-order valence-electron chi connectivity index (χ2n) is 9.03. The Kier molecular flexibility index (Phi) is 11.3. The number of nitrogens with zero attached hydrogens (tertiary/aromatic N) is 2. The average molecular weight is 644 g/mol. The van der Waals surface area contributed by atoms with Gasteiger partial charge in [0, 0.05) is 36.3 Å². The van der Waals surface area contributed by atoms with Crippen molar-refractivity contribution in [1.29, 1.82) is 0 Å². The minimum atomic E-state index is -4.83. The molecule has 41 heavy (non-hydrogen) atoms. The van der Waals surface area contributed by atoms with Crippen LogP contribution in [0, 0.1) is 5.82 Å². The lowest BCUT2D eigenvalue weighted by atomic mass is 10.0. The van der Waals surface area contributed by atoms with E-state index < -0.39 is 40.9 Å². The maximum atomic E-state index is 14.4. The number of ether oxygens (including phenoxy) is 2. The molecule has 222 valence electrons. The van der Waals surface area contributed by atoms with E-state index in [1.54, 1.807) is 32.2 Å². The van der Waals surface area contributed by atoms with Gasteiger partial charge in [-0.05, 0) is 60.9 Å². The summed E-state index contributed by atoms with van der Waals surface area (Å²) in [5, 5.41) is 3.13. The van der Waals surface area contributed by atoms with Crippen LogP contribution in [0.25, 0.3) is 0 Å². The highest BCUT2D eigenvalue weighted by molar-refractivity contribution is 9.10. The molecule has 0 radical (unpaired) electrons. The van der Waals surface area contributed by atoms with E-state index in [-0.39, 0.29) is 42.5 Å². The monoisotopic (exact) mass is 643 g/mol. The molecule has 0 aliphatic rings. The summed E-state index contributed by atoms with van der Waals surface area (Å²) >= 11 is 3.08. The molecule has 2 aromatic carbocycles. The number of benzene rings is 2. The standard InChI is InChI=1S/C28H30BrF4N3O5/c1-3-40-25(37)12-7-15-41-24-11-5-4-8-18(24)23(34-2)13-14-36-26(38)21(29)17-35(27(36)39)16-19-20(28(31,32)33)9-6-10-22(19)30/h4-6,8-11,17,23,34H,3,7,12-16H2,1-2H3/t23-/m0/s1. The van der Waals surface area contributed by atoms with Crippen LogP contribution in [-0.2, 0) is 28.8 Å². The molecule has 1 aromatic heterocycles. The van der Waals surface area contributed by atoms with Crippen molar-refractivity contribution in [2.75, 3.05) is 20.3 Å². The number of hydrogen-bond donors (Lipinski definition) is 1. The third-order valence-electron chi connectivity index (χ3n) is 6.32. The molecular formula is C28H30BrF4N3O5. The Hall–Kier alpha value is -3.45. The molecule has 0 saturated heterocycles. The van der Waals surface area contributed by atoms with Crippen molar-refractivity contribution in [2.24, 2.45) is 0 Å². The molecule has 8 nitrogen and oxygen atoms in total. The number of carbonyl (C=O) groups excluding carboxylic acids is 1. The fourth-order valence-electron chi connectivity index (χ4n) is 4.33. The molecule has 0 spiro atoms. The number of para-hydroxylation sites is 1. The molecule has 3 rings (SSSR count). The van der Waals surface area contributed by atoms with Gasteiger partial charge < -0.3 is 14.8 Å². The van der Waals surface area contributed by atoms with Gasteiger partial charge in [-0.25, -0.2) is 9.18 Å². The van der Waals surface area contributed by atoms with E-state index in [9.17, 15) is 31.9 Å². The maximum Gasteiger partial charge on any atom is 0.416 e. The van der Waals surface area contributed by atoms with Crippen molar-refractivity contribution >= 4 is 21.9 Å². The fraction of sp³-hybridized carbons (Fsp3) is 0.393. The van der Waals surface area contributed by atoms with Gasteiger partial charge in [-0.2, -0.15) is 13.2 Å². The zero-order chi connectivity index (χ0) is 30.2. The molecular weight excluding hydrogens is 614 g/mol. The first-order chi connectivity index (χ1) is 19.5. The van der Waals surface area contributed by atoms with Crippen LogP contribution in [0.3, 0.4) is 0 Å². The molecule has 13 heteroatoms. The van der Waals surface area contributed by atoms with Crippen LogP contribution in [0.4, 0.5) is 17.6 Å². The second-order valence-corrected chi connectivity index (χ2v) is 9.89. The first-order valence-electron chi connectivity index (χ1n) is 12.9. The van der Waals surface area contributed by atoms with Crippen molar-refractivity contribution in [3.05, 3.63) is 96.5 Å². The molecule has 0 aliphatic heterocycles. The zero-order valence-corrected chi connectivity index (χ0v) is 24.1. The highest BCUT2D eigenvalue weighted by Crippen LogP contribution is 2.33. The largest absolute Gasteiger partial charge is 0.493 e. The summed E-state index contributed by atoms with van der Waals surface area (Å²) < 4.78 is 67.5. The van der Waals surface area contributed by atoms with Gasteiger partial charge >= 0.3 is 17.8 Å². The number of carbonyl (C=O) groups is 1. The predicted octanol–water partition coefficient (Wildman–Crippen LogP) is 5.05. The van der Waals surface area contributed by atoms with Crippen molar-refractivity contribution in [3.63, 3.8) is 0 Å². The molecule has 1 N–H and O–H groups in total. The number of aromatic nitrogens is 2. The number of hydrogen-bond acceptors (Lipinski definition) is 6. The highest BCUT2D eigenvalue weighted by Gasteiger charge is 2.34. The molecule has 0 fully saturated rings. The van der Waals surface area contributed by atoms with E-state index >= 15 is 0 Å². The van der Waals surface area contributed by atoms with E-state index in [1.165, 1.54) is 0 Å². The van der Waals surface area contributed by atoms with E-state index in [2.05, 4.69) is 21.2 Å². The van der Waals surface area contributed by atoms with Gasteiger partial charge in [-0.1, -0.05) is 24.3 Å². The first-order valence-corrected chi connectivity index (χ1v) is 13.7. The first kappa shape index (κ1) is 32.1. The molecule has 3 aromatic rings. The van der Waals surface area contributed by atoms with Gasteiger partial charge in [0.25, 0.3) is 5.56 Å². The highest BCUT2D eigenvalue weighted by atomic mass is 79.9. The average Bonchev–Trinajstić information content (AvgIpc) is 2.92. The van der Waals surface area contributed by atoms with Gasteiger partial charge in [0.15, 0.2) is 0 Å². The van der Waals surface area contributed by atoms with Crippen LogP contribution in [0.15, 0.2) is 62.7 Å². The Morgan fingerprint density at radius 2 is 1.85 bits per heavy atom. The van der Waals surface area contributed by atoms with Crippen LogP contribution in [0.1, 0.15) is 48.9 Å². The lowest BCUT2D eigenvalue weighted by Gasteiger charge is -2.21. The predicted molar refractivity (Wildman–Crippen MR) is 147 cm³/mol. The van der Waals surface area contributed by atoms with E-state index in [0.29, 0.717) is 18.8 Å². The fourth-order valence-corrected chi connectivity index (χ4v) is 4.79. The van der Waals surface area contributed by atoms with Crippen LogP contribution >= 0.6 is 15.9 Å². The number of nitrogens with one attached hydrogen (secondary N) is 1. The lowest BCUT2D eigenvalue weighted by Crippen LogP contribution is -2.41. The maximum absolute atomic E-state index is 14.4. The number of alkyl halides is 3. The SMILES string of the molecule is CCOC(=O)CCCOc1ccccc1[C@H](CCn1c(=O)c(Br)cn(Cc2c(F)cccc2C(F)(F)F)c1=O)NC. The summed E-state index contributed by atoms with van der Waals surface area (Å²) in [5.74, 6) is -0.879. The van der Waals surface area contributed by atoms with Crippen molar-refractivity contribution in [3.8, 4) is 5.75 Å². The minimum Gasteiger partial charge on any atom is -0.493 e. The Labute approximate surface area is 242 Å². The second kappa shape index (κ2) is 14.4. The zero-order valence-electron chi connectivity index (χ0n) is 22.5. The molecule has 1 heterocycles. The normalized spacial score (nSPS) is 12.3. The van der Waals surface area contributed by atoms with Gasteiger partial charge in [0.1, 0.15) is 11.6 Å². The Bertz CT molecular complexity index is 1470. The van der Waals surface area contributed by atoms with E-state index in [4.69, 9.17) is 9.47 Å². The number of halogens is 5. The van der Waals surface area contributed by atoms with E-state index in [0.717, 1.165) is 39.1 Å². The Morgan fingerprint density at radius 1 is 1.12 bits per heavy atom. The van der Waals surface area contributed by atoms with Gasteiger partial charge in [-0.3, -0.25) is 18.7 Å². The molecule has 0 amide bonds. The molecule has 0 unspecified atom stereocenters. The number of esters is 1. The smallest absolute Gasteiger partial charge is 0.416 e. The van der Waals surface area contributed by atoms with Gasteiger partial charge in [0.2, 0.25) is 0 Å². The lowest BCUT2D eigenvalue weighted by molar-refractivity contribution is -0.143. The van der Waals surface area contributed by atoms with Crippen molar-refractivity contribution in [1.82, 2.24) is 14.5 Å². The van der Waals surface area contributed by atoms with Crippen LogP contribution in [-0.4, -0.2) is 35.4 Å². The van der Waals surface area contributed by atoms with E-state index in [1.807, 2.05) is 6.07 Å². The summed E-state index contributed by atoms with van der Waals surface area (Å²) in [5.41, 5.74) is -2.72. The number of rotatable bonds is 13. The summed E-state index contributed by atoms with van der Waals surface area (Å²) in [6, 6.07) is 9.36. The third kappa shape index (κ3) is 8.29. The van der Waals surface area contributed by atoms with Gasteiger partial charge in [-0.15, -0.1) is 0 Å². The van der Waals surface area contributed by atoms with Crippen LogP contribution < -0.4 is 21.3 Å². The Morgan fingerprint density at radius 3 is 2.54 bits per heavy atom. The minimum absolute atomic E-state index is 0.0617. The van der Waals surface area contributed by atoms with Crippen molar-refractivity contribution < 1.29 is 31.8 Å². The van der Waals surface area contributed by atoms with Crippen LogP contribution in [0.5, 0.6) is 5.75 Å². The topological polar surface area (TPSA) is 91.6 Å².